The summed E-state index contributed by atoms with van der Waals surface area (Å²) >= 11 is 18.0. The molecule has 0 fully saturated rings. The van der Waals surface area contributed by atoms with Gasteiger partial charge in [-0.05, 0) is 35.9 Å². The minimum absolute atomic E-state index is 0.111. The molecule has 0 saturated heterocycles. The van der Waals surface area contributed by atoms with Crippen molar-refractivity contribution in [3.05, 3.63) is 63.1 Å². The van der Waals surface area contributed by atoms with Gasteiger partial charge in [-0.1, -0.05) is 46.9 Å². The number of rotatable bonds is 3. The third kappa shape index (κ3) is 2.77. The summed E-state index contributed by atoms with van der Waals surface area (Å²) in [6.45, 7) is 0. The van der Waals surface area contributed by atoms with Gasteiger partial charge in [0.1, 0.15) is 10.8 Å². The monoisotopic (exact) mass is 381 g/mol. The van der Waals surface area contributed by atoms with Crippen LogP contribution in [0.5, 0.6) is 5.75 Å². The van der Waals surface area contributed by atoms with Gasteiger partial charge in [0.15, 0.2) is 0 Å². The number of carbonyl (C=O) groups is 2. The Hall–Kier alpha value is -2.01. The molecule has 2 aromatic rings. The zero-order valence-corrected chi connectivity index (χ0v) is 14.6. The van der Waals surface area contributed by atoms with Crippen molar-refractivity contribution >= 4 is 57.9 Å². The van der Waals surface area contributed by atoms with Gasteiger partial charge in [-0.25, -0.2) is 4.90 Å². The predicted octanol–water partition coefficient (Wildman–Crippen LogP) is 4.53. The molecule has 1 heterocycles. The summed E-state index contributed by atoms with van der Waals surface area (Å²) < 4.78 is 5.22. The van der Waals surface area contributed by atoms with Crippen LogP contribution in [-0.4, -0.2) is 18.9 Å². The Bertz CT molecular complexity index is 875. The van der Waals surface area contributed by atoms with Gasteiger partial charge >= 0.3 is 0 Å². The maximum atomic E-state index is 12.8. The summed E-state index contributed by atoms with van der Waals surface area (Å²) in [7, 11) is 1.44. The first-order valence-corrected chi connectivity index (χ1v) is 7.95. The highest BCUT2D eigenvalue weighted by molar-refractivity contribution is 6.60. The van der Waals surface area contributed by atoms with Crippen LogP contribution in [0.4, 0.5) is 5.69 Å². The van der Waals surface area contributed by atoms with E-state index in [1.165, 1.54) is 13.2 Å². The lowest BCUT2D eigenvalue weighted by Gasteiger charge is -2.18. The first kappa shape index (κ1) is 16.8. The van der Waals surface area contributed by atoms with Crippen molar-refractivity contribution in [2.75, 3.05) is 12.0 Å². The lowest BCUT2D eigenvalue weighted by molar-refractivity contribution is -0.119. The number of ether oxygens (including phenoxy) is 1. The molecule has 0 aromatic heterocycles. The number of nitrogens with zero attached hydrogens (tertiary/aromatic N) is 1. The summed E-state index contributed by atoms with van der Waals surface area (Å²) in [5.41, 5.74) is 0.855. The van der Waals surface area contributed by atoms with Crippen molar-refractivity contribution in [1.29, 1.82) is 0 Å². The number of anilines is 1. The average molecular weight is 383 g/mol. The van der Waals surface area contributed by atoms with E-state index >= 15 is 0 Å². The van der Waals surface area contributed by atoms with Crippen molar-refractivity contribution < 1.29 is 14.3 Å². The molecular weight excluding hydrogens is 373 g/mol. The van der Waals surface area contributed by atoms with E-state index in [4.69, 9.17) is 39.5 Å². The minimum Gasteiger partial charge on any atom is -0.495 e. The van der Waals surface area contributed by atoms with E-state index in [0.29, 0.717) is 21.4 Å². The van der Waals surface area contributed by atoms with Crippen LogP contribution in [0.25, 0.3) is 5.57 Å². The van der Waals surface area contributed by atoms with Gasteiger partial charge in [-0.2, -0.15) is 0 Å². The first-order valence-electron chi connectivity index (χ1n) is 6.82. The second kappa shape index (κ2) is 6.48. The molecule has 122 valence electrons. The highest BCUT2D eigenvalue weighted by atomic mass is 35.5. The lowest BCUT2D eigenvalue weighted by Crippen LogP contribution is -2.31. The molecule has 24 heavy (non-hydrogen) atoms. The van der Waals surface area contributed by atoms with Crippen LogP contribution in [0.3, 0.4) is 0 Å². The second-order valence-electron chi connectivity index (χ2n) is 4.96. The van der Waals surface area contributed by atoms with Gasteiger partial charge in [-0.3, -0.25) is 9.59 Å². The highest BCUT2D eigenvalue weighted by Crippen LogP contribution is 2.39. The summed E-state index contributed by atoms with van der Waals surface area (Å²) in [4.78, 5) is 26.3. The highest BCUT2D eigenvalue weighted by Gasteiger charge is 2.40. The van der Waals surface area contributed by atoms with Crippen molar-refractivity contribution in [2.24, 2.45) is 0 Å². The molecule has 0 spiro atoms. The standard InChI is InChI=1S/C17H10Cl3NO3/c1-24-13-7-6-11(19)8-12(13)21-16(22)14(15(20)17(21)23)9-2-4-10(18)5-3-9/h2-8H,1H3. The zero-order chi connectivity index (χ0) is 17.4. The van der Waals surface area contributed by atoms with Crippen LogP contribution in [0.1, 0.15) is 5.56 Å². The van der Waals surface area contributed by atoms with Crippen molar-refractivity contribution in [2.45, 2.75) is 0 Å². The zero-order valence-electron chi connectivity index (χ0n) is 12.3. The van der Waals surface area contributed by atoms with Crippen LogP contribution in [0.15, 0.2) is 47.5 Å². The van der Waals surface area contributed by atoms with Gasteiger partial charge in [0.25, 0.3) is 11.8 Å². The van der Waals surface area contributed by atoms with E-state index in [2.05, 4.69) is 0 Å². The third-order valence-electron chi connectivity index (χ3n) is 3.54. The number of carbonyl (C=O) groups excluding carboxylic acids is 2. The van der Waals surface area contributed by atoms with E-state index in [1.807, 2.05) is 0 Å². The van der Waals surface area contributed by atoms with Gasteiger partial charge < -0.3 is 4.74 Å². The third-order valence-corrected chi connectivity index (χ3v) is 4.38. The normalized spacial score (nSPS) is 14.6. The largest absolute Gasteiger partial charge is 0.495 e. The Labute approximate surface area is 153 Å². The Morgan fingerprint density at radius 3 is 2.12 bits per heavy atom. The Kier molecular flexibility index (Phi) is 4.54. The summed E-state index contributed by atoms with van der Waals surface area (Å²) in [5.74, 6) is -0.844. The SMILES string of the molecule is COc1ccc(Cl)cc1N1C(=O)C(Cl)=C(c2ccc(Cl)cc2)C1=O. The smallest absolute Gasteiger partial charge is 0.277 e. The van der Waals surface area contributed by atoms with Crippen LogP contribution in [-0.2, 0) is 9.59 Å². The van der Waals surface area contributed by atoms with Gasteiger partial charge in [-0.15, -0.1) is 0 Å². The molecule has 7 heteroatoms. The number of hydrogen-bond donors (Lipinski definition) is 0. The Morgan fingerprint density at radius 1 is 0.875 bits per heavy atom. The molecule has 0 N–H and O–H groups in total. The van der Waals surface area contributed by atoms with Crippen molar-refractivity contribution in [3.63, 3.8) is 0 Å². The number of halogens is 3. The number of hydrogen-bond acceptors (Lipinski definition) is 3. The van der Waals surface area contributed by atoms with Gasteiger partial charge in [0.05, 0.1) is 18.4 Å². The molecule has 0 saturated carbocycles. The number of amides is 2. The molecule has 0 unspecified atom stereocenters. The molecule has 4 nitrogen and oxygen atoms in total. The van der Waals surface area contributed by atoms with Crippen molar-refractivity contribution in [1.82, 2.24) is 0 Å². The summed E-state index contributed by atoms with van der Waals surface area (Å²) in [5, 5.41) is 0.715. The maximum Gasteiger partial charge on any atom is 0.277 e. The topological polar surface area (TPSA) is 46.6 Å². The van der Waals surface area contributed by atoms with E-state index in [9.17, 15) is 9.59 Å². The average Bonchev–Trinajstić information content (AvgIpc) is 2.78. The fourth-order valence-electron chi connectivity index (χ4n) is 2.43. The Balaban J connectivity index is 2.09. The van der Waals surface area contributed by atoms with Crippen LogP contribution in [0.2, 0.25) is 10.0 Å². The quantitative estimate of drug-likeness (QED) is 0.733. The molecule has 3 rings (SSSR count). The van der Waals surface area contributed by atoms with E-state index < -0.39 is 11.8 Å². The molecule has 1 aliphatic heterocycles. The van der Waals surface area contributed by atoms with Gasteiger partial charge in [0.2, 0.25) is 0 Å². The van der Waals surface area contributed by atoms with Crippen LogP contribution < -0.4 is 9.64 Å². The molecule has 0 atom stereocenters. The van der Waals surface area contributed by atoms with Crippen LogP contribution >= 0.6 is 34.8 Å². The Morgan fingerprint density at radius 2 is 1.50 bits per heavy atom. The van der Waals surface area contributed by atoms with E-state index in [1.54, 1.807) is 36.4 Å². The number of methoxy groups -OCH3 is 1. The minimum atomic E-state index is -0.632. The molecule has 2 amide bonds. The van der Waals surface area contributed by atoms with E-state index in [-0.39, 0.29) is 16.3 Å². The number of benzene rings is 2. The predicted molar refractivity (Wildman–Crippen MR) is 94.7 cm³/mol. The summed E-state index contributed by atoms with van der Waals surface area (Å²) in [6.07, 6.45) is 0. The fourth-order valence-corrected chi connectivity index (χ4v) is 2.99. The van der Waals surface area contributed by atoms with Crippen molar-refractivity contribution in [3.8, 4) is 5.75 Å². The molecular formula is C17H10Cl3NO3. The first-order chi connectivity index (χ1) is 11.4. The molecule has 1 aliphatic rings. The molecule has 0 aliphatic carbocycles. The second-order valence-corrected chi connectivity index (χ2v) is 6.21. The lowest BCUT2D eigenvalue weighted by atomic mass is 10.1. The van der Waals surface area contributed by atoms with Gasteiger partial charge in [0, 0.05) is 10.0 Å². The fraction of sp³-hybridized carbons (Fsp3) is 0.0588. The molecule has 2 aromatic carbocycles. The molecule has 0 bridgehead atoms. The van der Waals surface area contributed by atoms with Crippen LogP contribution in [0, 0.1) is 0 Å². The summed E-state index contributed by atoms with van der Waals surface area (Å²) in [6, 6.07) is 11.2. The maximum absolute atomic E-state index is 12.8. The number of imide groups is 1. The van der Waals surface area contributed by atoms with E-state index in [0.717, 1.165) is 4.90 Å². The molecule has 0 radical (unpaired) electrons.